The van der Waals surface area contributed by atoms with E-state index in [0.717, 1.165) is 11.8 Å². The third-order valence-electron chi connectivity index (χ3n) is 3.33. The molecule has 13 heavy (non-hydrogen) atoms. The zero-order chi connectivity index (χ0) is 9.68. The van der Waals surface area contributed by atoms with Crippen LogP contribution in [0.5, 0.6) is 0 Å². The van der Waals surface area contributed by atoms with Gasteiger partial charge in [-0.1, -0.05) is 33.1 Å². The van der Waals surface area contributed by atoms with Crippen LogP contribution in [0, 0.1) is 11.8 Å². The molecule has 3 N–H and O–H groups in total. The molecule has 78 valence electrons. The molecule has 1 aliphatic rings. The summed E-state index contributed by atoms with van der Waals surface area (Å²) in [6.45, 7) is 4.59. The van der Waals surface area contributed by atoms with Crippen molar-refractivity contribution in [3.63, 3.8) is 0 Å². The van der Waals surface area contributed by atoms with Crippen LogP contribution in [0.4, 0.5) is 0 Å². The first-order valence-electron chi connectivity index (χ1n) is 5.75. The van der Waals surface area contributed by atoms with E-state index in [1.54, 1.807) is 0 Å². The van der Waals surface area contributed by atoms with Gasteiger partial charge in [-0.15, -0.1) is 0 Å². The standard InChI is InChI=1S/C11H24N2/c1-3-4-5-6-11(13-12)9(2)10-7-8-10/h9-11,13H,3-8,12H2,1-2H3. The van der Waals surface area contributed by atoms with Gasteiger partial charge in [-0.25, -0.2) is 0 Å². The fourth-order valence-corrected chi connectivity index (χ4v) is 2.06. The minimum atomic E-state index is 0.555. The maximum atomic E-state index is 5.57. The Morgan fingerprint density at radius 2 is 2.08 bits per heavy atom. The molecule has 1 fully saturated rings. The molecule has 2 nitrogen and oxygen atoms in total. The van der Waals surface area contributed by atoms with Crippen LogP contribution in [0.15, 0.2) is 0 Å². The molecule has 0 amide bonds. The number of nitrogens with two attached hydrogens (primary N) is 1. The second-order valence-electron chi connectivity index (χ2n) is 4.47. The SMILES string of the molecule is CCCCCC(NN)C(C)C1CC1. The number of nitrogens with one attached hydrogen (secondary N) is 1. The quantitative estimate of drug-likeness (QED) is 0.362. The Kier molecular flexibility index (Phi) is 4.74. The molecule has 2 heteroatoms. The van der Waals surface area contributed by atoms with E-state index in [1.165, 1.54) is 38.5 Å². The molecule has 1 saturated carbocycles. The number of unbranched alkanes of at least 4 members (excludes halogenated alkanes) is 2. The van der Waals surface area contributed by atoms with Crippen molar-refractivity contribution in [2.24, 2.45) is 17.7 Å². The zero-order valence-electron chi connectivity index (χ0n) is 9.05. The minimum Gasteiger partial charge on any atom is -0.271 e. The Labute approximate surface area is 82.2 Å². The number of hydrogen-bond donors (Lipinski definition) is 2. The summed E-state index contributed by atoms with van der Waals surface area (Å²) in [5.74, 6) is 7.31. The first-order chi connectivity index (χ1) is 6.29. The molecule has 0 aromatic rings. The molecule has 0 radical (unpaired) electrons. The van der Waals surface area contributed by atoms with Crippen LogP contribution in [0.1, 0.15) is 52.4 Å². The number of hydrogen-bond acceptors (Lipinski definition) is 2. The molecule has 0 aromatic heterocycles. The van der Waals surface area contributed by atoms with Crippen LogP contribution in [0.2, 0.25) is 0 Å². The van der Waals surface area contributed by atoms with E-state index in [4.69, 9.17) is 5.84 Å². The van der Waals surface area contributed by atoms with Gasteiger partial charge in [-0.2, -0.15) is 0 Å². The third kappa shape index (κ3) is 3.65. The third-order valence-corrected chi connectivity index (χ3v) is 3.33. The Bertz CT molecular complexity index is 132. The lowest BCUT2D eigenvalue weighted by atomic mass is 9.93. The summed E-state index contributed by atoms with van der Waals surface area (Å²) in [5, 5.41) is 0. The molecule has 0 heterocycles. The molecule has 1 aliphatic carbocycles. The Morgan fingerprint density at radius 1 is 1.38 bits per heavy atom. The van der Waals surface area contributed by atoms with Gasteiger partial charge in [0.1, 0.15) is 0 Å². The van der Waals surface area contributed by atoms with Crippen molar-refractivity contribution in [2.75, 3.05) is 0 Å². The fourth-order valence-electron chi connectivity index (χ4n) is 2.06. The normalized spacial score (nSPS) is 21.5. The average Bonchev–Trinajstić information content (AvgIpc) is 2.94. The van der Waals surface area contributed by atoms with Crippen molar-refractivity contribution in [3.05, 3.63) is 0 Å². The first kappa shape index (κ1) is 11.0. The Balaban J connectivity index is 2.16. The molecular weight excluding hydrogens is 160 g/mol. The molecule has 2 atom stereocenters. The average molecular weight is 184 g/mol. The van der Waals surface area contributed by atoms with E-state index >= 15 is 0 Å². The van der Waals surface area contributed by atoms with Crippen molar-refractivity contribution in [3.8, 4) is 0 Å². The Morgan fingerprint density at radius 3 is 2.54 bits per heavy atom. The molecule has 0 bridgehead atoms. The van der Waals surface area contributed by atoms with Crippen LogP contribution >= 0.6 is 0 Å². The molecule has 0 spiro atoms. The highest BCUT2D eigenvalue weighted by Gasteiger charge is 2.32. The maximum Gasteiger partial charge on any atom is 0.0238 e. The van der Waals surface area contributed by atoms with E-state index in [2.05, 4.69) is 19.3 Å². The summed E-state index contributed by atoms with van der Waals surface area (Å²) in [4.78, 5) is 0. The van der Waals surface area contributed by atoms with Gasteiger partial charge in [-0.3, -0.25) is 11.3 Å². The Hall–Kier alpha value is -0.0800. The van der Waals surface area contributed by atoms with E-state index in [0.29, 0.717) is 6.04 Å². The van der Waals surface area contributed by atoms with Gasteiger partial charge in [0, 0.05) is 6.04 Å². The van der Waals surface area contributed by atoms with Crippen molar-refractivity contribution in [1.29, 1.82) is 0 Å². The van der Waals surface area contributed by atoms with Crippen LogP contribution < -0.4 is 11.3 Å². The summed E-state index contributed by atoms with van der Waals surface area (Å²) >= 11 is 0. The van der Waals surface area contributed by atoms with E-state index < -0.39 is 0 Å². The summed E-state index contributed by atoms with van der Waals surface area (Å²) < 4.78 is 0. The van der Waals surface area contributed by atoms with E-state index in [-0.39, 0.29) is 0 Å². The smallest absolute Gasteiger partial charge is 0.0238 e. The van der Waals surface area contributed by atoms with Crippen molar-refractivity contribution >= 4 is 0 Å². The van der Waals surface area contributed by atoms with Crippen molar-refractivity contribution < 1.29 is 0 Å². The van der Waals surface area contributed by atoms with Gasteiger partial charge >= 0.3 is 0 Å². The van der Waals surface area contributed by atoms with Gasteiger partial charge in [0.15, 0.2) is 0 Å². The predicted octanol–water partition coefficient (Wildman–Crippen LogP) is 2.44. The zero-order valence-corrected chi connectivity index (χ0v) is 9.05. The fraction of sp³-hybridized carbons (Fsp3) is 1.00. The molecule has 0 aliphatic heterocycles. The monoisotopic (exact) mass is 184 g/mol. The molecule has 2 unspecified atom stereocenters. The van der Waals surface area contributed by atoms with E-state index in [1.807, 2.05) is 0 Å². The molecule has 0 aromatic carbocycles. The summed E-state index contributed by atoms with van der Waals surface area (Å²) in [6, 6.07) is 0.555. The molecular formula is C11H24N2. The lowest BCUT2D eigenvalue weighted by molar-refractivity contribution is 0.320. The van der Waals surface area contributed by atoms with Gasteiger partial charge in [0.2, 0.25) is 0 Å². The van der Waals surface area contributed by atoms with Crippen LogP contribution in [0.25, 0.3) is 0 Å². The lowest BCUT2D eigenvalue weighted by Gasteiger charge is -2.22. The van der Waals surface area contributed by atoms with E-state index in [9.17, 15) is 0 Å². The highest BCUT2D eigenvalue weighted by Crippen LogP contribution is 2.38. The summed E-state index contributed by atoms with van der Waals surface area (Å²) in [7, 11) is 0. The maximum absolute atomic E-state index is 5.57. The number of rotatable bonds is 7. The highest BCUT2D eigenvalue weighted by molar-refractivity contribution is 4.85. The van der Waals surface area contributed by atoms with Crippen molar-refractivity contribution in [1.82, 2.24) is 5.43 Å². The second-order valence-corrected chi connectivity index (χ2v) is 4.47. The lowest BCUT2D eigenvalue weighted by Crippen LogP contribution is -2.40. The van der Waals surface area contributed by atoms with Crippen LogP contribution in [0.3, 0.4) is 0 Å². The van der Waals surface area contributed by atoms with Crippen LogP contribution in [-0.4, -0.2) is 6.04 Å². The van der Waals surface area contributed by atoms with Crippen molar-refractivity contribution in [2.45, 2.75) is 58.4 Å². The van der Waals surface area contributed by atoms with Crippen LogP contribution in [-0.2, 0) is 0 Å². The topological polar surface area (TPSA) is 38.0 Å². The second kappa shape index (κ2) is 5.61. The van der Waals surface area contributed by atoms with Gasteiger partial charge in [-0.05, 0) is 31.1 Å². The molecule has 1 rings (SSSR count). The number of hydrazine groups is 1. The minimum absolute atomic E-state index is 0.555. The first-order valence-corrected chi connectivity index (χ1v) is 5.75. The summed E-state index contributed by atoms with van der Waals surface area (Å²) in [6.07, 6.45) is 8.06. The largest absolute Gasteiger partial charge is 0.271 e. The summed E-state index contributed by atoms with van der Waals surface area (Å²) in [5.41, 5.74) is 2.98. The molecule has 0 saturated heterocycles. The van der Waals surface area contributed by atoms with Gasteiger partial charge in [0.05, 0.1) is 0 Å². The predicted molar refractivity (Wildman–Crippen MR) is 57.1 cm³/mol. The van der Waals surface area contributed by atoms with Gasteiger partial charge < -0.3 is 0 Å². The highest BCUT2D eigenvalue weighted by atomic mass is 15.2. The van der Waals surface area contributed by atoms with Gasteiger partial charge in [0.25, 0.3) is 0 Å².